The van der Waals surface area contributed by atoms with Crippen molar-refractivity contribution < 1.29 is 0 Å². The van der Waals surface area contributed by atoms with Crippen LogP contribution in [-0.2, 0) is 13.1 Å². The van der Waals surface area contributed by atoms with Crippen molar-refractivity contribution in [1.29, 1.82) is 0 Å². The maximum absolute atomic E-state index is 5.71. The Hall–Kier alpha value is -1.43. The molecule has 1 aliphatic heterocycles. The van der Waals surface area contributed by atoms with E-state index >= 15 is 0 Å². The molecule has 0 spiro atoms. The summed E-state index contributed by atoms with van der Waals surface area (Å²) < 4.78 is 0. The van der Waals surface area contributed by atoms with E-state index in [-0.39, 0.29) is 0 Å². The second-order valence-electron chi connectivity index (χ2n) is 6.07. The number of benzene rings is 1. The molecule has 2 heterocycles. The average molecular weight is 316 g/mol. The topological polar surface area (TPSA) is 45.4 Å². The number of hydrogen-bond donors (Lipinski definition) is 1. The van der Waals surface area contributed by atoms with Gasteiger partial charge in [0.25, 0.3) is 0 Å². The number of nitrogens with two attached hydrogens (primary N) is 1. The van der Waals surface area contributed by atoms with Crippen LogP contribution in [0, 0.1) is 0 Å². The van der Waals surface area contributed by atoms with Crippen LogP contribution in [0.15, 0.2) is 36.5 Å². The standard InChI is InChI=1S/C17H24N4S/c1-20(13-16-11-19-17(18)22-16)15-7-9-21(10-8-15)12-14-5-3-2-4-6-14/h2-6,11,15H,7-10,12-13H2,1H3,(H2,18,19). The molecule has 1 aromatic carbocycles. The van der Waals surface area contributed by atoms with Gasteiger partial charge in [0.05, 0.1) is 0 Å². The number of aromatic nitrogens is 1. The molecular formula is C17H24N4S. The summed E-state index contributed by atoms with van der Waals surface area (Å²) in [4.78, 5) is 10.4. The van der Waals surface area contributed by atoms with Crippen molar-refractivity contribution in [1.82, 2.24) is 14.8 Å². The Morgan fingerprint density at radius 3 is 2.64 bits per heavy atom. The van der Waals surface area contributed by atoms with E-state index in [2.05, 4.69) is 52.2 Å². The van der Waals surface area contributed by atoms with Crippen molar-refractivity contribution in [3.63, 3.8) is 0 Å². The maximum Gasteiger partial charge on any atom is 0.180 e. The van der Waals surface area contributed by atoms with Gasteiger partial charge in [-0.1, -0.05) is 30.3 Å². The third kappa shape index (κ3) is 4.06. The van der Waals surface area contributed by atoms with Gasteiger partial charge in [-0.2, -0.15) is 0 Å². The number of likely N-dealkylation sites (tertiary alicyclic amines) is 1. The first-order chi connectivity index (χ1) is 10.7. The number of anilines is 1. The van der Waals surface area contributed by atoms with Gasteiger partial charge in [-0.15, -0.1) is 11.3 Å². The number of rotatable bonds is 5. The lowest BCUT2D eigenvalue weighted by atomic mass is 10.0. The highest BCUT2D eigenvalue weighted by atomic mass is 32.1. The number of thiazole rings is 1. The number of nitrogen functional groups attached to an aromatic ring is 1. The van der Waals surface area contributed by atoms with Crippen molar-refractivity contribution in [2.75, 3.05) is 25.9 Å². The van der Waals surface area contributed by atoms with Gasteiger partial charge in [-0.25, -0.2) is 4.98 Å². The highest BCUT2D eigenvalue weighted by Crippen LogP contribution is 2.21. The Balaban J connectivity index is 1.47. The highest BCUT2D eigenvalue weighted by molar-refractivity contribution is 7.15. The Morgan fingerprint density at radius 2 is 2.00 bits per heavy atom. The molecule has 1 fully saturated rings. The molecule has 0 radical (unpaired) electrons. The van der Waals surface area contributed by atoms with E-state index in [1.807, 2.05) is 6.20 Å². The summed E-state index contributed by atoms with van der Waals surface area (Å²) >= 11 is 1.60. The fraction of sp³-hybridized carbons (Fsp3) is 0.471. The molecule has 2 aromatic rings. The van der Waals surface area contributed by atoms with Crippen LogP contribution in [0.4, 0.5) is 5.13 Å². The minimum Gasteiger partial charge on any atom is -0.375 e. The lowest BCUT2D eigenvalue weighted by Gasteiger charge is -2.36. The van der Waals surface area contributed by atoms with Gasteiger partial charge in [-0.05, 0) is 38.5 Å². The fourth-order valence-electron chi connectivity index (χ4n) is 3.13. The van der Waals surface area contributed by atoms with Crippen molar-refractivity contribution in [2.24, 2.45) is 0 Å². The third-order valence-corrected chi connectivity index (χ3v) is 5.22. The molecule has 1 saturated heterocycles. The number of hydrogen-bond acceptors (Lipinski definition) is 5. The van der Waals surface area contributed by atoms with Gasteiger partial charge in [0, 0.05) is 30.2 Å². The van der Waals surface area contributed by atoms with Gasteiger partial charge in [0.1, 0.15) is 0 Å². The minimum atomic E-state index is 0.662. The van der Waals surface area contributed by atoms with Crippen LogP contribution in [-0.4, -0.2) is 41.0 Å². The molecular weight excluding hydrogens is 292 g/mol. The van der Waals surface area contributed by atoms with Crippen LogP contribution in [0.5, 0.6) is 0 Å². The molecule has 0 aliphatic carbocycles. The molecule has 118 valence electrons. The summed E-state index contributed by atoms with van der Waals surface area (Å²) in [7, 11) is 2.22. The van der Waals surface area contributed by atoms with E-state index in [0.29, 0.717) is 11.2 Å². The Morgan fingerprint density at radius 1 is 1.27 bits per heavy atom. The number of piperidine rings is 1. The summed E-state index contributed by atoms with van der Waals surface area (Å²) in [5, 5.41) is 0.668. The highest BCUT2D eigenvalue weighted by Gasteiger charge is 2.22. The van der Waals surface area contributed by atoms with Gasteiger partial charge < -0.3 is 5.73 Å². The fourth-order valence-corrected chi connectivity index (χ4v) is 3.88. The Labute approximate surface area is 136 Å². The van der Waals surface area contributed by atoms with E-state index in [1.165, 1.54) is 36.4 Å². The summed E-state index contributed by atoms with van der Waals surface area (Å²) in [5.74, 6) is 0. The second-order valence-corrected chi connectivity index (χ2v) is 7.22. The van der Waals surface area contributed by atoms with Crippen molar-refractivity contribution in [2.45, 2.75) is 32.0 Å². The largest absolute Gasteiger partial charge is 0.375 e. The first-order valence-electron chi connectivity index (χ1n) is 7.87. The first kappa shape index (κ1) is 15.5. The molecule has 0 atom stereocenters. The summed E-state index contributed by atoms with van der Waals surface area (Å²) in [6.45, 7) is 4.38. The van der Waals surface area contributed by atoms with E-state index in [4.69, 9.17) is 5.73 Å². The normalized spacial score (nSPS) is 17.2. The van der Waals surface area contributed by atoms with Crippen molar-refractivity contribution in [3.8, 4) is 0 Å². The minimum absolute atomic E-state index is 0.662. The van der Waals surface area contributed by atoms with Gasteiger partial charge in [-0.3, -0.25) is 9.80 Å². The van der Waals surface area contributed by atoms with Crippen LogP contribution in [0.1, 0.15) is 23.3 Å². The lowest BCUT2D eigenvalue weighted by Crippen LogP contribution is -2.42. The lowest BCUT2D eigenvalue weighted by molar-refractivity contribution is 0.120. The smallest absolute Gasteiger partial charge is 0.180 e. The predicted molar refractivity (Wildman–Crippen MR) is 92.7 cm³/mol. The average Bonchev–Trinajstić information content (AvgIpc) is 2.94. The van der Waals surface area contributed by atoms with E-state index < -0.39 is 0 Å². The molecule has 0 saturated carbocycles. The Bertz CT molecular complexity index is 575. The molecule has 5 heteroatoms. The molecule has 0 bridgehead atoms. The maximum atomic E-state index is 5.71. The monoisotopic (exact) mass is 316 g/mol. The molecule has 3 rings (SSSR count). The SMILES string of the molecule is CN(Cc1cnc(N)s1)C1CCN(Cc2ccccc2)CC1. The predicted octanol–water partition coefficient (Wildman–Crippen LogP) is 2.82. The molecule has 22 heavy (non-hydrogen) atoms. The van der Waals surface area contributed by atoms with Crippen LogP contribution < -0.4 is 5.73 Å². The van der Waals surface area contributed by atoms with Crippen LogP contribution >= 0.6 is 11.3 Å². The zero-order valence-corrected chi connectivity index (χ0v) is 13.9. The molecule has 1 aliphatic rings. The van der Waals surface area contributed by atoms with Gasteiger partial charge >= 0.3 is 0 Å². The zero-order valence-electron chi connectivity index (χ0n) is 13.1. The molecule has 0 unspecified atom stereocenters. The second kappa shape index (κ2) is 7.22. The van der Waals surface area contributed by atoms with E-state index in [0.717, 1.165) is 13.1 Å². The van der Waals surface area contributed by atoms with E-state index in [9.17, 15) is 0 Å². The first-order valence-corrected chi connectivity index (χ1v) is 8.69. The summed E-state index contributed by atoms with van der Waals surface area (Å²) in [5.41, 5.74) is 7.12. The molecule has 0 amide bonds. The third-order valence-electron chi connectivity index (χ3n) is 4.41. The van der Waals surface area contributed by atoms with Crippen molar-refractivity contribution >= 4 is 16.5 Å². The van der Waals surface area contributed by atoms with Crippen molar-refractivity contribution in [3.05, 3.63) is 47.0 Å². The van der Waals surface area contributed by atoms with E-state index in [1.54, 1.807) is 11.3 Å². The van der Waals surface area contributed by atoms with Gasteiger partial charge in [0.15, 0.2) is 5.13 Å². The molecule has 2 N–H and O–H groups in total. The van der Waals surface area contributed by atoms with Crippen LogP contribution in [0.25, 0.3) is 0 Å². The zero-order chi connectivity index (χ0) is 15.4. The van der Waals surface area contributed by atoms with Crippen LogP contribution in [0.2, 0.25) is 0 Å². The molecule has 4 nitrogen and oxygen atoms in total. The van der Waals surface area contributed by atoms with Crippen LogP contribution in [0.3, 0.4) is 0 Å². The summed E-state index contributed by atoms with van der Waals surface area (Å²) in [6.07, 6.45) is 4.37. The number of nitrogens with zero attached hydrogens (tertiary/aromatic N) is 3. The molecule has 1 aromatic heterocycles. The quantitative estimate of drug-likeness (QED) is 0.921. The Kier molecular flexibility index (Phi) is 5.08. The van der Waals surface area contributed by atoms with Gasteiger partial charge in [0.2, 0.25) is 0 Å². The summed E-state index contributed by atoms with van der Waals surface area (Å²) in [6, 6.07) is 11.4.